The van der Waals surface area contributed by atoms with E-state index in [1.54, 1.807) is 6.20 Å². The molecular formula is C15H11NO. The molecule has 0 fully saturated rings. The zero-order valence-corrected chi connectivity index (χ0v) is 9.26. The van der Waals surface area contributed by atoms with Crippen molar-refractivity contribution in [2.45, 2.75) is 0 Å². The quantitative estimate of drug-likeness (QED) is 0.735. The Balaban J connectivity index is 2.13. The van der Waals surface area contributed by atoms with Crippen molar-refractivity contribution in [3.63, 3.8) is 0 Å². The number of hydrogen-bond acceptors (Lipinski definition) is 2. The minimum Gasteiger partial charge on any atom is -0.457 e. The molecule has 0 N–H and O–H groups in total. The summed E-state index contributed by atoms with van der Waals surface area (Å²) in [4.78, 5) is 4.32. The molecule has 1 aliphatic rings. The third-order valence-corrected chi connectivity index (χ3v) is 2.69. The number of pyridine rings is 1. The number of hydrogen-bond donors (Lipinski definition) is 0. The van der Waals surface area contributed by atoms with Gasteiger partial charge in [0, 0.05) is 17.3 Å². The summed E-state index contributed by atoms with van der Waals surface area (Å²) in [6.45, 7) is 3.94. The topological polar surface area (TPSA) is 22.1 Å². The molecule has 0 radical (unpaired) electrons. The van der Waals surface area contributed by atoms with Crippen LogP contribution in [0.3, 0.4) is 0 Å². The average Bonchev–Trinajstić information content (AvgIpc) is 2.39. The van der Waals surface area contributed by atoms with E-state index >= 15 is 0 Å². The molecule has 0 bridgehead atoms. The lowest BCUT2D eigenvalue weighted by atomic mass is 10.0. The molecule has 0 saturated heterocycles. The van der Waals surface area contributed by atoms with E-state index in [1.165, 1.54) is 0 Å². The third kappa shape index (κ3) is 1.74. The van der Waals surface area contributed by atoms with Crippen molar-refractivity contribution in [1.29, 1.82) is 0 Å². The van der Waals surface area contributed by atoms with Crippen molar-refractivity contribution >= 4 is 11.6 Å². The van der Waals surface area contributed by atoms with Crippen molar-refractivity contribution < 1.29 is 4.74 Å². The molecular weight excluding hydrogens is 210 g/mol. The van der Waals surface area contributed by atoms with Crippen LogP contribution in [0.25, 0.3) is 11.6 Å². The van der Waals surface area contributed by atoms with Crippen LogP contribution >= 0.6 is 0 Å². The lowest BCUT2D eigenvalue weighted by molar-refractivity contribution is 0.447. The van der Waals surface area contributed by atoms with Crippen LogP contribution in [0.1, 0.15) is 11.3 Å². The molecule has 0 saturated carbocycles. The Bertz CT molecular complexity index is 599. The summed E-state index contributed by atoms with van der Waals surface area (Å²) in [7, 11) is 0. The monoisotopic (exact) mass is 221 g/mol. The molecule has 2 aromatic rings. The van der Waals surface area contributed by atoms with E-state index in [1.807, 2.05) is 42.5 Å². The fourth-order valence-corrected chi connectivity index (χ4v) is 1.86. The molecule has 0 spiro atoms. The van der Waals surface area contributed by atoms with Gasteiger partial charge in [-0.05, 0) is 24.3 Å². The van der Waals surface area contributed by atoms with Crippen LogP contribution in [0.2, 0.25) is 0 Å². The van der Waals surface area contributed by atoms with Gasteiger partial charge >= 0.3 is 0 Å². The number of benzene rings is 1. The molecule has 1 aromatic heterocycles. The highest BCUT2D eigenvalue weighted by Crippen LogP contribution is 2.34. The fourth-order valence-electron chi connectivity index (χ4n) is 1.86. The first kappa shape index (κ1) is 9.85. The molecule has 0 amide bonds. The summed E-state index contributed by atoms with van der Waals surface area (Å²) < 4.78 is 5.70. The van der Waals surface area contributed by atoms with E-state index in [2.05, 4.69) is 17.6 Å². The average molecular weight is 221 g/mol. The van der Waals surface area contributed by atoms with Crippen molar-refractivity contribution in [2.75, 3.05) is 0 Å². The van der Waals surface area contributed by atoms with Gasteiger partial charge in [0.05, 0.1) is 5.69 Å². The smallest absolute Gasteiger partial charge is 0.134 e. The van der Waals surface area contributed by atoms with Gasteiger partial charge in [0.15, 0.2) is 0 Å². The maximum absolute atomic E-state index is 5.70. The van der Waals surface area contributed by atoms with Crippen LogP contribution in [0.5, 0.6) is 5.75 Å². The van der Waals surface area contributed by atoms with Gasteiger partial charge < -0.3 is 4.74 Å². The number of allylic oxidation sites excluding steroid dienone is 1. The Kier molecular flexibility index (Phi) is 2.26. The van der Waals surface area contributed by atoms with Crippen LogP contribution in [0, 0.1) is 0 Å². The van der Waals surface area contributed by atoms with Crippen LogP contribution < -0.4 is 4.74 Å². The number of nitrogens with zero attached hydrogens (tertiary/aromatic N) is 1. The molecule has 1 aliphatic heterocycles. The van der Waals surface area contributed by atoms with Crippen LogP contribution in [-0.2, 0) is 0 Å². The van der Waals surface area contributed by atoms with E-state index < -0.39 is 0 Å². The summed E-state index contributed by atoms with van der Waals surface area (Å²) in [5.41, 5.74) is 2.87. The predicted molar refractivity (Wildman–Crippen MR) is 68.3 cm³/mol. The summed E-state index contributed by atoms with van der Waals surface area (Å²) >= 11 is 0. The Morgan fingerprint density at radius 1 is 1.00 bits per heavy atom. The number of aromatic nitrogens is 1. The van der Waals surface area contributed by atoms with Crippen molar-refractivity contribution in [3.8, 4) is 5.75 Å². The van der Waals surface area contributed by atoms with Gasteiger partial charge in [-0.2, -0.15) is 0 Å². The van der Waals surface area contributed by atoms with Gasteiger partial charge in [-0.25, -0.2) is 0 Å². The first-order valence-corrected chi connectivity index (χ1v) is 5.44. The second kappa shape index (κ2) is 3.91. The highest BCUT2D eigenvalue weighted by molar-refractivity contribution is 5.91. The molecule has 0 aliphatic carbocycles. The van der Waals surface area contributed by atoms with Crippen LogP contribution in [-0.4, -0.2) is 4.98 Å². The number of fused-ring (bicyclic) bond motifs is 1. The highest BCUT2D eigenvalue weighted by atomic mass is 16.5. The van der Waals surface area contributed by atoms with Gasteiger partial charge in [-0.15, -0.1) is 0 Å². The lowest BCUT2D eigenvalue weighted by Gasteiger charge is -2.19. The minimum atomic E-state index is 0.641. The second-order valence-corrected chi connectivity index (χ2v) is 3.84. The standard InChI is InChI=1S/C15H11NO/c1-11-13(14-7-4-5-9-16-14)10-12-6-2-3-8-15(12)17-11/h2-10H,1H2. The molecule has 82 valence electrons. The van der Waals surface area contributed by atoms with Gasteiger partial charge in [0.25, 0.3) is 0 Å². The minimum absolute atomic E-state index is 0.641. The summed E-state index contributed by atoms with van der Waals surface area (Å²) in [6.07, 6.45) is 3.83. The highest BCUT2D eigenvalue weighted by Gasteiger charge is 2.16. The number of rotatable bonds is 1. The maximum atomic E-state index is 5.70. The van der Waals surface area contributed by atoms with Crippen LogP contribution in [0.15, 0.2) is 61.0 Å². The van der Waals surface area contributed by atoms with E-state index in [0.717, 1.165) is 22.6 Å². The molecule has 0 atom stereocenters. The fraction of sp³-hybridized carbons (Fsp3) is 0. The molecule has 3 rings (SSSR count). The van der Waals surface area contributed by atoms with Crippen molar-refractivity contribution in [3.05, 3.63) is 72.3 Å². The van der Waals surface area contributed by atoms with E-state index in [-0.39, 0.29) is 0 Å². The van der Waals surface area contributed by atoms with Gasteiger partial charge in [0.2, 0.25) is 0 Å². The molecule has 2 nitrogen and oxygen atoms in total. The number of ether oxygens (including phenoxy) is 1. The van der Waals surface area contributed by atoms with E-state index in [0.29, 0.717) is 5.76 Å². The van der Waals surface area contributed by atoms with E-state index in [9.17, 15) is 0 Å². The normalized spacial score (nSPS) is 13.6. The van der Waals surface area contributed by atoms with Gasteiger partial charge in [-0.1, -0.05) is 30.8 Å². The summed E-state index contributed by atoms with van der Waals surface area (Å²) in [5, 5.41) is 0. The maximum Gasteiger partial charge on any atom is 0.134 e. The predicted octanol–water partition coefficient (Wildman–Crippen LogP) is 3.53. The number of para-hydroxylation sites is 1. The Morgan fingerprint density at radius 3 is 2.65 bits per heavy atom. The molecule has 2 heteroatoms. The second-order valence-electron chi connectivity index (χ2n) is 3.84. The van der Waals surface area contributed by atoms with Crippen LogP contribution in [0.4, 0.5) is 0 Å². The lowest BCUT2D eigenvalue weighted by Crippen LogP contribution is -2.04. The van der Waals surface area contributed by atoms with Crippen molar-refractivity contribution in [1.82, 2.24) is 4.98 Å². The summed E-state index contributed by atoms with van der Waals surface area (Å²) in [5.74, 6) is 1.49. The zero-order chi connectivity index (χ0) is 11.7. The molecule has 2 heterocycles. The van der Waals surface area contributed by atoms with Crippen molar-refractivity contribution in [2.24, 2.45) is 0 Å². The zero-order valence-electron chi connectivity index (χ0n) is 9.26. The third-order valence-electron chi connectivity index (χ3n) is 2.69. The SMILES string of the molecule is C=C1Oc2ccccc2C=C1c1ccccn1. The van der Waals surface area contributed by atoms with Gasteiger partial charge in [-0.3, -0.25) is 4.98 Å². The Hall–Kier alpha value is -2.35. The van der Waals surface area contributed by atoms with E-state index in [4.69, 9.17) is 4.74 Å². The summed E-state index contributed by atoms with van der Waals surface area (Å²) in [6, 6.07) is 13.7. The Morgan fingerprint density at radius 2 is 1.82 bits per heavy atom. The first-order chi connectivity index (χ1) is 8.34. The molecule has 1 aromatic carbocycles. The largest absolute Gasteiger partial charge is 0.457 e. The Labute approximate surface area is 99.9 Å². The molecule has 0 unspecified atom stereocenters. The molecule has 17 heavy (non-hydrogen) atoms. The van der Waals surface area contributed by atoms with Gasteiger partial charge in [0.1, 0.15) is 11.5 Å². The first-order valence-electron chi connectivity index (χ1n) is 5.44.